The summed E-state index contributed by atoms with van der Waals surface area (Å²) in [5.74, 6) is -0.204. The molecule has 27 heavy (non-hydrogen) atoms. The van der Waals surface area contributed by atoms with Crippen molar-refractivity contribution in [1.29, 1.82) is 0 Å². The Labute approximate surface area is 157 Å². The van der Waals surface area contributed by atoms with Gasteiger partial charge >= 0.3 is 0 Å². The minimum Gasteiger partial charge on any atom is -0.351 e. The molecule has 1 aliphatic rings. The number of hydrogen-bond donors (Lipinski definition) is 1. The van der Waals surface area contributed by atoms with Gasteiger partial charge in [0.1, 0.15) is 5.69 Å². The SMILES string of the molecule is O=C(NCC[C@H]1CN(Cc2ccccn2)Cc2ccnn21)c1cnccn1. The van der Waals surface area contributed by atoms with Crippen LogP contribution >= 0.6 is 0 Å². The molecule has 1 amide bonds. The lowest BCUT2D eigenvalue weighted by Gasteiger charge is -2.33. The highest BCUT2D eigenvalue weighted by Gasteiger charge is 2.25. The molecule has 0 aromatic carbocycles. The van der Waals surface area contributed by atoms with Gasteiger partial charge in [0.15, 0.2) is 0 Å². The van der Waals surface area contributed by atoms with E-state index in [-0.39, 0.29) is 11.9 Å². The van der Waals surface area contributed by atoms with Crippen molar-refractivity contribution in [2.45, 2.75) is 25.6 Å². The van der Waals surface area contributed by atoms with Crippen LogP contribution in [0, 0.1) is 0 Å². The maximum absolute atomic E-state index is 12.1. The van der Waals surface area contributed by atoms with Crippen molar-refractivity contribution in [1.82, 2.24) is 34.9 Å². The zero-order valence-corrected chi connectivity index (χ0v) is 14.9. The summed E-state index contributed by atoms with van der Waals surface area (Å²) in [6.07, 6.45) is 8.99. The summed E-state index contributed by atoms with van der Waals surface area (Å²) >= 11 is 0. The maximum Gasteiger partial charge on any atom is 0.271 e. The van der Waals surface area contributed by atoms with Crippen LogP contribution in [0.1, 0.15) is 34.3 Å². The monoisotopic (exact) mass is 363 g/mol. The van der Waals surface area contributed by atoms with Crippen molar-refractivity contribution < 1.29 is 4.79 Å². The number of pyridine rings is 1. The average Bonchev–Trinajstić information content (AvgIpc) is 3.18. The molecule has 4 rings (SSSR count). The van der Waals surface area contributed by atoms with Gasteiger partial charge in [0, 0.05) is 51.0 Å². The molecule has 8 nitrogen and oxygen atoms in total. The first-order chi connectivity index (χ1) is 13.3. The number of nitrogens with zero attached hydrogens (tertiary/aromatic N) is 6. The van der Waals surface area contributed by atoms with Crippen LogP contribution in [0.15, 0.2) is 55.2 Å². The minimum atomic E-state index is -0.204. The van der Waals surface area contributed by atoms with E-state index in [4.69, 9.17) is 0 Å². The van der Waals surface area contributed by atoms with Crippen LogP contribution in [-0.4, -0.2) is 48.6 Å². The van der Waals surface area contributed by atoms with Gasteiger partial charge in [0.05, 0.1) is 23.6 Å². The Hall–Kier alpha value is -3.13. The van der Waals surface area contributed by atoms with Crippen molar-refractivity contribution in [2.75, 3.05) is 13.1 Å². The van der Waals surface area contributed by atoms with Crippen molar-refractivity contribution >= 4 is 5.91 Å². The Morgan fingerprint density at radius 2 is 2.11 bits per heavy atom. The van der Waals surface area contributed by atoms with Crippen LogP contribution in [-0.2, 0) is 13.1 Å². The second kappa shape index (κ2) is 8.05. The van der Waals surface area contributed by atoms with Gasteiger partial charge in [-0.3, -0.25) is 24.3 Å². The number of hydrogen-bond acceptors (Lipinski definition) is 6. The summed E-state index contributed by atoms with van der Waals surface area (Å²) in [6.45, 7) is 3.07. The van der Waals surface area contributed by atoms with E-state index in [1.807, 2.05) is 30.6 Å². The van der Waals surface area contributed by atoms with Gasteiger partial charge in [-0.05, 0) is 24.6 Å². The van der Waals surface area contributed by atoms with Gasteiger partial charge in [-0.25, -0.2) is 4.98 Å². The van der Waals surface area contributed by atoms with E-state index in [9.17, 15) is 4.79 Å². The average molecular weight is 363 g/mol. The lowest BCUT2D eigenvalue weighted by Crippen LogP contribution is -2.39. The highest BCUT2D eigenvalue weighted by atomic mass is 16.1. The first kappa shape index (κ1) is 17.3. The fourth-order valence-electron chi connectivity index (χ4n) is 3.38. The third kappa shape index (κ3) is 4.17. The summed E-state index contributed by atoms with van der Waals surface area (Å²) in [5.41, 5.74) is 2.57. The van der Waals surface area contributed by atoms with Crippen molar-refractivity contribution in [3.8, 4) is 0 Å². The molecule has 0 unspecified atom stereocenters. The Balaban J connectivity index is 1.37. The third-order valence-electron chi connectivity index (χ3n) is 4.62. The zero-order chi connectivity index (χ0) is 18.5. The molecule has 1 atom stereocenters. The summed E-state index contributed by atoms with van der Waals surface area (Å²) in [6, 6.07) is 8.24. The van der Waals surface area contributed by atoms with E-state index < -0.39 is 0 Å². The Morgan fingerprint density at radius 3 is 2.93 bits per heavy atom. The Kier molecular flexibility index (Phi) is 5.15. The normalized spacial score (nSPS) is 16.7. The smallest absolute Gasteiger partial charge is 0.271 e. The molecule has 3 aromatic rings. The molecule has 0 fully saturated rings. The fourth-order valence-corrected chi connectivity index (χ4v) is 3.38. The highest BCUT2D eigenvalue weighted by Crippen LogP contribution is 2.23. The second-order valence-electron chi connectivity index (χ2n) is 6.55. The minimum absolute atomic E-state index is 0.203. The molecule has 4 heterocycles. The standard InChI is InChI=1S/C19H21N7O/c27-19(18-11-20-9-10-22-18)23-7-4-16-13-25(12-15-3-1-2-6-21-15)14-17-5-8-24-26(16)17/h1-3,5-6,8-11,16H,4,7,12-14H2,(H,23,27)/t16-/m0/s1. The highest BCUT2D eigenvalue weighted by molar-refractivity contribution is 5.91. The van der Waals surface area contributed by atoms with Gasteiger partial charge in [-0.2, -0.15) is 5.10 Å². The predicted octanol–water partition coefficient (Wildman–Crippen LogP) is 1.45. The second-order valence-corrected chi connectivity index (χ2v) is 6.55. The Morgan fingerprint density at radius 1 is 1.15 bits per heavy atom. The molecule has 0 saturated heterocycles. The van der Waals surface area contributed by atoms with Gasteiger partial charge in [0.25, 0.3) is 5.91 Å². The topological polar surface area (TPSA) is 88.8 Å². The number of carbonyl (C=O) groups is 1. The van der Waals surface area contributed by atoms with Crippen LogP contribution in [0.2, 0.25) is 0 Å². The first-order valence-electron chi connectivity index (χ1n) is 8.98. The lowest BCUT2D eigenvalue weighted by molar-refractivity contribution is 0.0941. The molecule has 1 aliphatic heterocycles. The predicted molar refractivity (Wildman–Crippen MR) is 98.6 cm³/mol. The molecule has 1 N–H and O–H groups in total. The number of aromatic nitrogens is 5. The summed E-state index contributed by atoms with van der Waals surface area (Å²) in [7, 11) is 0. The van der Waals surface area contributed by atoms with Gasteiger partial charge < -0.3 is 5.32 Å². The van der Waals surface area contributed by atoms with Crippen LogP contribution in [0.4, 0.5) is 0 Å². The third-order valence-corrected chi connectivity index (χ3v) is 4.62. The number of carbonyl (C=O) groups excluding carboxylic acids is 1. The first-order valence-corrected chi connectivity index (χ1v) is 8.98. The largest absolute Gasteiger partial charge is 0.351 e. The van der Waals surface area contributed by atoms with Crippen LogP contribution in [0.25, 0.3) is 0 Å². The quantitative estimate of drug-likeness (QED) is 0.713. The number of fused-ring (bicyclic) bond motifs is 1. The summed E-state index contributed by atoms with van der Waals surface area (Å²) < 4.78 is 2.07. The van der Waals surface area contributed by atoms with E-state index in [1.165, 1.54) is 18.1 Å². The van der Waals surface area contributed by atoms with Crippen molar-refractivity contribution in [3.63, 3.8) is 0 Å². The molecule has 0 spiro atoms. The molecule has 0 aliphatic carbocycles. The maximum atomic E-state index is 12.1. The van der Waals surface area contributed by atoms with E-state index in [0.717, 1.165) is 31.7 Å². The summed E-state index contributed by atoms with van der Waals surface area (Å²) in [5, 5.41) is 7.40. The van der Waals surface area contributed by atoms with Gasteiger partial charge in [-0.15, -0.1) is 0 Å². The van der Waals surface area contributed by atoms with Crippen LogP contribution < -0.4 is 5.32 Å². The molecule has 0 saturated carbocycles. The van der Waals surface area contributed by atoms with E-state index in [1.54, 1.807) is 6.20 Å². The molecule has 8 heteroatoms. The van der Waals surface area contributed by atoms with Gasteiger partial charge in [0.2, 0.25) is 0 Å². The van der Waals surface area contributed by atoms with Crippen LogP contribution in [0.5, 0.6) is 0 Å². The molecular formula is C19H21N7O. The summed E-state index contributed by atoms with van der Waals surface area (Å²) in [4.78, 5) is 26.9. The van der Waals surface area contributed by atoms with E-state index >= 15 is 0 Å². The molecule has 0 bridgehead atoms. The molecular weight excluding hydrogens is 342 g/mol. The molecule has 138 valence electrons. The molecule has 3 aromatic heterocycles. The lowest BCUT2D eigenvalue weighted by atomic mass is 10.1. The van der Waals surface area contributed by atoms with Crippen LogP contribution in [0.3, 0.4) is 0 Å². The molecule has 0 radical (unpaired) electrons. The van der Waals surface area contributed by atoms with Gasteiger partial charge in [-0.1, -0.05) is 6.07 Å². The van der Waals surface area contributed by atoms with Crippen molar-refractivity contribution in [3.05, 3.63) is 72.3 Å². The number of rotatable bonds is 6. The fraction of sp³-hybridized carbons (Fsp3) is 0.316. The Bertz CT molecular complexity index is 881. The van der Waals surface area contributed by atoms with Crippen molar-refractivity contribution in [2.24, 2.45) is 0 Å². The zero-order valence-electron chi connectivity index (χ0n) is 14.9. The van der Waals surface area contributed by atoms with E-state index in [0.29, 0.717) is 12.2 Å². The van der Waals surface area contributed by atoms with E-state index in [2.05, 4.69) is 41.0 Å². The number of nitrogens with one attached hydrogen (secondary N) is 1. The number of amides is 1.